The number of hydrogen-bond donors (Lipinski definition) is 7. The molecule has 0 saturated carbocycles. The fourth-order valence-electron chi connectivity index (χ4n) is 5.61. The van der Waals surface area contributed by atoms with Gasteiger partial charge in [-0.05, 0) is 12.8 Å². The molecule has 43 heavy (non-hydrogen) atoms. The van der Waals surface area contributed by atoms with Crippen LogP contribution in [0.2, 0.25) is 0 Å². The van der Waals surface area contributed by atoms with E-state index in [0.29, 0.717) is 6.42 Å². The monoisotopic (exact) mass is 619 g/mol. The number of aliphatic hydroxyl groups excluding tert-OH is 6. The van der Waals surface area contributed by atoms with Crippen molar-refractivity contribution < 1.29 is 44.9 Å². The first-order valence-electron chi connectivity index (χ1n) is 17.3. The summed E-state index contributed by atoms with van der Waals surface area (Å²) < 4.78 is 11.0. The number of nitrogens with one attached hydrogen (secondary N) is 1. The SMILES string of the molecule is CCCCCCCCCCCCC[C@@H](O)[C@@H](O)[C@H](CO[C@@H]1O[C@H](CO)[C@H](O)C(O)C1O)NC(=O)CCCCCCCCC. The van der Waals surface area contributed by atoms with Gasteiger partial charge in [-0.25, -0.2) is 0 Å². The first kappa shape index (κ1) is 40.2. The molecule has 1 rings (SSSR count). The fourth-order valence-corrected chi connectivity index (χ4v) is 5.61. The molecule has 0 aromatic carbocycles. The standard InChI is InChI=1S/C33H65NO9/c1-3-5-7-9-11-12-13-14-16-17-19-21-26(36)29(38)25(34-28(37)22-20-18-15-10-8-6-4-2)24-42-33-32(41)31(40)30(39)27(23-35)43-33/h25-27,29-33,35-36,38-41H,3-24H2,1-2H3,(H,34,37)/t25-,26+,27+,29-,30-,31?,32?,33+/m0/s1. The minimum Gasteiger partial charge on any atom is -0.394 e. The molecule has 2 unspecified atom stereocenters. The van der Waals surface area contributed by atoms with E-state index in [2.05, 4.69) is 19.2 Å². The summed E-state index contributed by atoms with van der Waals surface area (Å²) in [5, 5.41) is 64.4. The van der Waals surface area contributed by atoms with Crippen molar-refractivity contribution in [1.29, 1.82) is 0 Å². The van der Waals surface area contributed by atoms with Gasteiger partial charge in [-0.15, -0.1) is 0 Å². The molecule has 0 spiro atoms. The minimum atomic E-state index is -1.60. The van der Waals surface area contributed by atoms with Crippen molar-refractivity contribution in [3.8, 4) is 0 Å². The van der Waals surface area contributed by atoms with Crippen LogP contribution in [0.1, 0.15) is 142 Å². The molecule has 7 N–H and O–H groups in total. The third-order valence-electron chi connectivity index (χ3n) is 8.55. The number of ether oxygens (including phenoxy) is 2. The van der Waals surface area contributed by atoms with Crippen molar-refractivity contribution in [3.05, 3.63) is 0 Å². The van der Waals surface area contributed by atoms with Crippen molar-refractivity contribution in [1.82, 2.24) is 5.32 Å². The average molecular weight is 620 g/mol. The van der Waals surface area contributed by atoms with Gasteiger partial charge in [-0.1, -0.05) is 123 Å². The smallest absolute Gasteiger partial charge is 0.220 e. The molecule has 0 radical (unpaired) electrons. The molecule has 0 aromatic rings. The molecule has 10 nitrogen and oxygen atoms in total. The van der Waals surface area contributed by atoms with E-state index in [0.717, 1.165) is 51.4 Å². The highest BCUT2D eigenvalue weighted by Crippen LogP contribution is 2.23. The van der Waals surface area contributed by atoms with Gasteiger partial charge in [0, 0.05) is 6.42 Å². The van der Waals surface area contributed by atoms with Crippen LogP contribution in [-0.2, 0) is 14.3 Å². The molecule has 10 heteroatoms. The molecule has 8 atom stereocenters. The third-order valence-corrected chi connectivity index (χ3v) is 8.55. The third kappa shape index (κ3) is 17.4. The number of amides is 1. The lowest BCUT2D eigenvalue weighted by atomic mass is 9.98. The summed E-state index contributed by atoms with van der Waals surface area (Å²) in [4.78, 5) is 12.7. The van der Waals surface area contributed by atoms with Crippen LogP contribution >= 0.6 is 0 Å². The molecule has 1 saturated heterocycles. The normalized spacial score (nSPS) is 24.5. The van der Waals surface area contributed by atoms with Crippen molar-refractivity contribution in [3.63, 3.8) is 0 Å². The van der Waals surface area contributed by atoms with Gasteiger partial charge >= 0.3 is 0 Å². The quantitative estimate of drug-likeness (QED) is 0.0675. The number of hydrogen-bond acceptors (Lipinski definition) is 9. The van der Waals surface area contributed by atoms with Gasteiger partial charge in [0.15, 0.2) is 6.29 Å². The van der Waals surface area contributed by atoms with Gasteiger partial charge in [0.05, 0.1) is 25.4 Å². The zero-order chi connectivity index (χ0) is 31.9. The molecular formula is C33H65NO9. The summed E-state index contributed by atoms with van der Waals surface area (Å²) in [5.41, 5.74) is 0. The first-order chi connectivity index (χ1) is 20.8. The Bertz CT molecular complexity index is 668. The Hall–Kier alpha value is -0.850. The lowest BCUT2D eigenvalue weighted by Gasteiger charge is -2.40. The van der Waals surface area contributed by atoms with Crippen LogP contribution in [0.3, 0.4) is 0 Å². The van der Waals surface area contributed by atoms with Gasteiger partial charge in [-0.2, -0.15) is 0 Å². The number of carbonyl (C=O) groups is 1. The minimum absolute atomic E-state index is 0.267. The molecule has 1 aliphatic heterocycles. The van der Waals surface area contributed by atoms with Crippen molar-refractivity contribution in [2.75, 3.05) is 13.2 Å². The molecular weight excluding hydrogens is 554 g/mol. The summed E-state index contributed by atoms with van der Waals surface area (Å²) in [5.74, 6) is -0.267. The van der Waals surface area contributed by atoms with Gasteiger partial charge < -0.3 is 45.4 Å². The highest BCUT2D eigenvalue weighted by molar-refractivity contribution is 5.76. The van der Waals surface area contributed by atoms with Crippen LogP contribution in [0.4, 0.5) is 0 Å². The summed E-state index contributed by atoms with van der Waals surface area (Å²) in [6, 6.07) is -0.980. The number of aliphatic hydroxyl groups is 6. The van der Waals surface area contributed by atoms with Crippen molar-refractivity contribution >= 4 is 5.91 Å². The van der Waals surface area contributed by atoms with Crippen LogP contribution in [0.25, 0.3) is 0 Å². The van der Waals surface area contributed by atoms with Crippen LogP contribution in [0, 0.1) is 0 Å². The Balaban J connectivity index is 2.55. The summed E-state index contributed by atoms with van der Waals surface area (Å²) in [7, 11) is 0. The lowest BCUT2D eigenvalue weighted by Crippen LogP contribution is -2.60. The lowest BCUT2D eigenvalue weighted by molar-refractivity contribution is -0.303. The second kappa shape index (κ2) is 25.4. The molecule has 1 fully saturated rings. The van der Waals surface area contributed by atoms with Gasteiger partial charge in [-0.3, -0.25) is 4.79 Å². The maximum Gasteiger partial charge on any atom is 0.220 e. The Labute approximate surface area is 260 Å². The Morgan fingerprint density at radius 2 is 1.21 bits per heavy atom. The second-order valence-electron chi connectivity index (χ2n) is 12.5. The summed E-state index contributed by atoms with van der Waals surface area (Å²) >= 11 is 0. The van der Waals surface area contributed by atoms with E-state index in [-0.39, 0.29) is 18.9 Å². The second-order valence-corrected chi connectivity index (χ2v) is 12.5. The van der Waals surface area contributed by atoms with E-state index >= 15 is 0 Å². The van der Waals surface area contributed by atoms with E-state index in [9.17, 15) is 35.4 Å². The molecule has 1 heterocycles. The van der Waals surface area contributed by atoms with E-state index in [1.165, 1.54) is 64.2 Å². The Kier molecular flexibility index (Phi) is 23.7. The van der Waals surface area contributed by atoms with Crippen LogP contribution in [0.5, 0.6) is 0 Å². The van der Waals surface area contributed by atoms with Gasteiger partial charge in [0.1, 0.15) is 30.5 Å². The van der Waals surface area contributed by atoms with E-state index < -0.39 is 55.6 Å². The highest BCUT2D eigenvalue weighted by atomic mass is 16.7. The van der Waals surface area contributed by atoms with E-state index in [1.54, 1.807) is 0 Å². The van der Waals surface area contributed by atoms with Crippen LogP contribution < -0.4 is 5.32 Å². The van der Waals surface area contributed by atoms with Gasteiger partial charge in [0.25, 0.3) is 0 Å². The molecule has 256 valence electrons. The Morgan fingerprint density at radius 3 is 1.72 bits per heavy atom. The largest absolute Gasteiger partial charge is 0.394 e. The topological polar surface area (TPSA) is 169 Å². The zero-order valence-corrected chi connectivity index (χ0v) is 27.1. The maximum atomic E-state index is 12.7. The molecule has 1 aliphatic rings. The summed E-state index contributed by atoms with van der Waals surface area (Å²) in [6.45, 7) is 3.50. The van der Waals surface area contributed by atoms with Crippen molar-refractivity contribution in [2.45, 2.75) is 191 Å². The average Bonchev–Trinajstić information content (AvgIpc) is 3.00. The molecule has 0 aliphatic carbocycles. The van der Waals surface area contributed by atoms with E-state index in [1.807, 2.05) is 0 Å². The van der Waals surface area contributed by atoms with E-state index in [4.69, 9.17) is 9.47 Å². The number of carbonyl (C=O) groups excluding carboxylic acids is 1. The maximum absolute atomic E-state index is 12.7. The Morgan fingerprint density at radius 1 is 0.721 bits per heavy atom. The summed E-state index contributed by atoms with van der Waals surface area (Å²) in [6.07, 6.45) is 11.4. The predicted molar refractivity (Wildman–Crippen MR) is 167 cm³/mol. The van der Waals surface area contributed by atoms with Gasteiger partial charge in [0.2, 0.25) is 5.91 Å². The molecule has 0 bridgehead atoms. The predicted octanol–water partition coefficient (Wildman–Crippen LogP) is 3.85. The zero-order valence-electron chi connectivity index (χ0n) is 27.1. The molecule has 0 aromatic heterocycles. The number of unbranched alkanes of at least 4 members (excludes halogenated alkanes) is 16. The van der Waals surface area contributed by atoms with Crippen LogP contribution in [-0.4, -0.2) is 98.7 Å². The number of rotatable bonds is 27. The highest BCUT2D eigenvalue weighted by Gasteiger charge is 2.44. The fraction of sp³-hybridized carbons (Fsp3) is 0.970. The van der Waals surface area contributed by atoms with Crippen LogP contribution in [0.15, 0.2) is 0 Å². The van der Waals surface area contributed by atoms with Crippen molar-refractivity contribution in [2.24, 2.45) is 0 Å². The first-order valence-corrected chi connectivity index (χ1v) is 17.3. The molecule has 1 amide bonds.